The monoisotopic (exact) mass is 167 g/mol. The molecular weight excluding hydrogens is 149 g/mol. The average molecular weight is 167 g/mol. The Kier molecular flexibility index (Phi) is 15.0. The van der Waals surface area contributed by atoms with Gasteiger partial charge in [-0.15, -0.1) is 6.54 Å². The maximum Gasteiger partial charge on any atom is 1.00 e. The van der Waals surface area contributed by atoms with Gasteiger partial charge in [0.15, 0.2) is 0 Å². The first-order chi connectivity index (χ1) is 4.39. The van der Waals surface area contributed by atoms with Crippen molar-refractivity contribution in [3.05, 3.63) is 6.42 Å². The van der Waals surface area contributed by atoms with Gasteiger partial charge in [-0.25, -0.2) is 0 Å². The first-order valence-electron chi connectivity index (χ1n) is 3.90. The Balaban J connectivity index is 0. The summed E-state index contributed by atoms with van der Waals surface area (Å²) in [6, 6.07) is 0. The fraction of sp³-hybridized carbons (Fsp3) is 0.875. The predicted octanol–water partition coefficient (Wildman–Crippen LogP) is -1.05. The zero-order valence-corrected chi connectivity index (χ0v) is 11.0. The van der Waals surface area contributed by atoms with Crippen LogP contribution in [0.1, 0.15) is 26.7 Å². The summed E-state index contributed by atoms with van der Waals surface area (Å²) in [4.78, 5) is 2.34. The summed E-state index contributed by atoms with van der Waals surface area (Å²) in [5.74, 6) is 0. The molecule has 0 unspecified atom stereocenters. The Morgan fingerprint density at radius 1 is 1.30 bits per heavy atom. The summed E-state index contributed by atoms with van der Waals surface area (Å²) in [6.07, 6.45) is 5.02. The molecule has 1 aliphatic heterocycles. The normalized spacial score (nSPS) is 18.3. The van der Waals surface area contributed by atoms with E-state index in [1.54, 1.807) is 0 Å². The van der Waals surface area contributed by atoms with E-state index >= 15 is 0 Å². The van der Waals surface area contributed by atoms with E-state index in [9.17, 15) is 0 Å². The summed E-state index contributed by atoms with van der Waals surface area (Å²) in [5.41, 5.74) is 0. The molecule has 0 spiro atoms. The van der Waals surface area contributed by atoms with Gasteiger partial charge in [-0.2, -0.15) is 6.42 Å². The largest absolute Gasteiger partial charge is 1.00 e. The van der Waals surface area contributed by atoms with Gasteiger partial charge in [0.05, 0.1) is 0 Å². The van der Waals surface area contributed by atoms with Crippen LogP contribution in [-0.2, 0) is 0 Å². The molecule has 1 saturated heterocycles. The molecule has 0 bridgehead atoms. The van der Waals surface area contributed by atoms with Crippen molar-refractivity contribution in [1.82, 2.24) is 4.90 Å². The van der Waals surface area contributed by atoms with Crippen molar-refractivity contribution >= 4 is 0 Å². The van der Waals surface area contributed by atoms with Crippen LogP contribution in [-0.4, -0.2) is 25.0 Å². The first-order valence-corrected chi connectivity index (χ1v) is 3.90. The van der Waals surface area contributed by atoms with Gasteiger partial charge in [-0.05, 0) is 13.6 Å². The van der Waals surface area contributed by atoms with Crippen LogP contribution in [0, 0.1) is 6.42 Å². The Bertz CT molecular complexity index is 51.2. The van der Waals surface area contributed by atoms with Crippen molar-refractivity contribution in [1.29, 1.82) is 0 Å². The third-order valence-corrected chi connectivity index (χ3v) is 1.39. The molecule has 0 aromatic heterocycles. The van der Waals surface area contributed by atoms with Gasteiger partial charge in [0.1, 0.15) is 0 Å². The molecule has 1 rings (SSSR count). The van der Waals surface area contributed by atoms with Crippen molar-refractivity contribution in [3.63, 3.8) is 0 Å². The molecule has 10 heavy (non-hydrogen) atoms. The smallest absolute Gasteiger partial charge is 0.336 e. The van der Waals surface area contributed by atoms with Crippen LogP contribution in [0.25, 0.3) is 0 Å². The molecule has 1 fully saturated rings. The molecule has 2 heteroatoms. The zero-order valence-electron chi connectivity index (χ0n) is 7.85. The number of nitrogens with zero attached hydrogens (tertiary/aromatic N) is 1. The van der Waals surface area contributed by atoms with E-state index in [0.29, 0.717) is 0 Å². The number of hydrogen-bond acceptors (Lipinski definition) is 1. The predicted molar refractivity (Wildman–Crippen MR) is 42.4 cm³/mol. The van der Waals surface area contributed by atoms with Crippen molar-refractivity contribution in [3.8, 4) is 0 Å². The molecule has 1 nitrogen and oxygen atoms in total. The summed E-state index contributed by atoms with van der Waals surface area (Å²) in [7, 11) is 2.16. The number of hydrogen-bond donors (Lipinski definition) is 0. The van der Waals surface area contributed by atoms with Gasteiger partial charge in [0, 0.05) is 0 Å². The van der Waals surface area contributed by atoms with Crippen LogP contribution >= 0.6 is 0 Å². The van der Waals surface area contributed by atoms with Crippen LogP contribution in [0.3, 0.4) is 0 Å². The molecule has 0 N–H and O–H groups in total. The maximum absolute atomic E-state index is 2.34. The van der Waals surface area contributed by atoms with Crippen LogP contribution in [0.5, 0.6) is 0 Å². The molecule has 0 amide bonds. The third-order valence-electron chi connectivity index (χ3n) is 1.39. The van der Waals surface area contributed by atoms with Crippen LogP contribution in [0.15, 0.2) is 0 Å². The van der Waals surface area contributed by atoms with Gasteiger partial charge in [-0.1, -0.05) is 20.3 Å². The molecule has 0 radical (unpaired) electrons. The standard InChI is InChI=1S/C6H12N.C2H6.K/c1-7-5-3-2-4-6-7;1-2;/h3H,2,4-6H2,1H3;1-2H3;/q-1;;+1. The van der Waals surface area contributed by atoms with E-state index in [1.165, 1.54) is 25.9 Å². The molecule has 0 aromatic rings. The minimum Gasteiger partial charge on any atom is -0.336 e. The van der Waals surface area contributed by atoms with Gasteiger partial charge >= 0.3 is 51.4 Å². The quantitative estimate of drug-likeness (QED) is 0.329. The van der Waals surface area contributed by atoms with E-state index in [0.717, 1.165) is 0 Å². The van der Waals surface area contributed by atoms with Gasteiger partial charge in [-0.3, -0.25) is 0 Å². The van der Waals surface area contributed by atoms with E-state index in [-0.39, 0.29) is 51.4 Å². The van der Waals surface area contributed by atoms with E-state index < -0.39 is 0 Å². The van der Waals surface area contributed by atoms with E-state index in [1.807, 2.05) is 13.8 Å². The fourth-order valence-corrected chi connectivity index (χ4v) is 0.909. The zero-order chi connectivity index (χ0) is 7.11. The fourth-order valence-electron chi connectivity index (χ4n) is 0.909. The van der Waals surface area contributed by atoms with Crippen LogP contribution in [0.2, 0.25) is 0 Å². The second kappa shape index (κ2) is 10.6. The second-order valence-corrected chi connectivity index (χ2v) is 2.19. The van der Waals surface area contributed by atoms with Crippen molar-refractivity contribution in [2.45, 2.75) is 26.7 Å². The Morgan fingerprint density at radius 3 is 2.10 bits per heavy atom. The molecule has 1 heterocycles. The van der Waals surface area contributed by atoms with Crippen molar-refractivity contribution < 1.29 is 51.4 Å². The first kappa shape index (κ1) is 14.1. The molecule has 0 saturated carbocycles. The van der Waals surface area contributed by atoms with Gasteiger partial charge in [0.25, 0.3) is 0 Å². The van der Waals surface area contributed by atoms with E-state index in [4.69, 9.17) is 0 Å². The SMILES string of the molecule is CC.CN1C[CH-]CCC1.[K+]. The molecule has 56 valence electrons. The number of rotatable bonds is 0. The Morgan fingerprint density at radius 2 is 1.90 bits per heavy atom. The molecule has 0 atom stereocenters. The second-order valence-electron chi connectivity index (χ2n) is 2.19. The van der Waals surface area contributed by atoms with Crippen LogP contribution in [0.4, 0.5) is 0 Å². The summed E-state index contributed by atoms with van der Waals surface area (Å²) < 4.78 is 0. The molecule has 0 aliphatic carbocycles. The Hall–Kier alpha value is 1.60. The minimum atomic E-state index is 0. The van der Waals surface area contributed by atoms with Gasteiger partial charge < -0.3 is 11.3 Å². The topological polar surface area (TPSA) is 3.24 Å². The Labute approximate surface area is 108 Å². The minimum absolute atomic E-state index is 0. The van der Waals surface area contributed by atoms with Crippen molar-refractivity contribution in [2.75, 3.05) is 20.1 Å². The number of likely N-dealkylation sites (tertiary alicyclic amines) is 1. The van der Waals surface area contributed by atoms with E-state index in [2.05, 4.69) is 18.4 Å². The molecular formula is C8H18KN. The summed E-state index contributed by atoms with van der Waals surface area (Å²) in [6.45, 7) is 6.48. The summed E-state index contributed by atoms with van der Waals surface area (Å²) >= 11 is 0. The third kappa shape index (κ3) is 7.70. The van der Waals surface area contributed by atoms with Gasteiger partial charge in [0.2, 0.25) is 0 Å². The number of piperidine rings is 1. The molecule has 1 aliphatic rings. The molecule has 0 aromatic carbocycles. The average Bonchev–Trinajstić information content (AvgIpc) is 1.94. The van der Waals surface area contributed by atoms with Crippen LogP contribution < -0.4 is 51.4 Å². The van der Waals surface area contributed by atoms with Crippen molar-refractivity contribution in [2.24, 2.45) is 0 Å². The maximum atomic E-state index is 2.34. The summed E-state index contributed by atoms with van der Waals surface area (Å²) in [5, 5.41) is 0.